The number of nitrogens with zero attached hydrogens (tertiary/aromatic N) is 3. The lowest BCUT2D eigenvalue weighted by Crippen LogP contribution is -2.42. The number of hydrogen-bond acceptors (Lipinski definition) is 5. The minimum absolute atomic E-state index is 0.0889. The molecule has 6 nitrogen and oxygen atoms in total. The van der Waals surface area contributed by atoms with Crippen LogP contribution in [-0.4, -0.2) is 41.9 Å². The van der Waals surface area contributed by atoms with E-state index in [-0.39, 0.29) is 24.0 Å². The molecule has 1 aromatic heterocycles. The molecule has 0 unspecified atom stereocenters. The molecule has 1 amide bonds. The van der Waals surface area contributed by atoms with Crippen molar-refractivity contribution < 1.29 is 14.3 Å². The van der Waals surface area contributed by atoms with Crippen molar-refractivity contribution in [3.05, 3.63) is 17.5 Å². The molecule has 0 bridgehead atoms. The van der Waals surface area contributed by atoms with Crippen LogP contribution in [0.4, 0.5) is 10.6 Å². The van der Waals surface area contributed by atoms with Gasteiger partial charge in [-0.2, -0.15) is 0 Å². The number of carbonyl (C=O) groups is 1. The predicted molar refractivity (Wildman–Crippen MR) is 61.1 cm³/mol. The highest BCUT2D eigenvalue weighted by atomic mass is 35.5. The van der Waals surface area contributed by atoms with Gasteiger partial charge in [0.05, 0.1) is 6.10 Å². The van der Waals surface area contributed by atoms with Crippen LogP contribution in [-0.2, 0) is 9.47 Å². The molecule has 0 radical (unpaired) electrons. The second kappa shape index (κ2) is 4.85. The second-order valence-electron chi connectivity index (χ2n) is 3.64. The van der Waals surface area contributed by atoms with E-state index in [1.807, 2.05) is 6.92 Å². The molecule has 1 aromatic rings. The number of ether oxygens (including phenoxy) is 2. The number of anilines is 1. The molecule has 1 aliphatic rings. The van der Waals surface area contributed by atoms with E-state index in [0.29, 0.717) is 5.82 Å². The summed E-state index contributed by atoms with van der Waals surface area (Å²) in [6.45, 7) is 2.14. The van der Waals surface area contributed by atoms with Crippen LogP contribution in [0.5, 0.6) is 0 Å². The lowest BCUT2D eigenvalue weighted by Gasteiger charge is -2.24. The Morgan fingerprint density at radius 3 is 3.12 bits per heavy atom. The summed E-state index contributed by atoms with van der Waals surface area (Å²) in [5.41, 5.74) is 0. The monoisotopic (exact) mass is 257 g/mol. The van der Waals surface area contributed by atoms with E-state index in [4.69, 9.17) is 21.1 Å². The van der Waals surface area contributed by atoms with Crippen LogP contribution >= 0.6 is 11.6 Å². The van der Waals surface area contributed by atoms with Gasteiger partial charge in [0.1, 0.15) is 18.5 Å². The van der Waals surface area contributed by atoms with Crippen molar-refractivity contribution in [2.24, 2.45) is 0 Å². The highest BCUT2D eigenvalue weighted by Crippen LogP contribution is 2.24. The Kier molecular flexibility index (Phi) is 3.44. The summed E-state index contributed by atoms with van der Waals surface area (Å²) in [6.07, 6.45) is 0.883. The number of halogens is 1. The zero-order valence-corrected chi connectivity index (χ0v) is 10.2. The molecule has 1 aliphatic heterocycles. The Morgan fingerprint density at radius 1 is 1.71 bits per heavy atom. The van der Waals surface area contributed by atoms with Gasteiger partial charge in [-0.15, -0.1) is 0 Å². The van der Waals surface area contributed by atoms with E-state index in [1.165, 1.54) is 11.1 Å². The number of rotatable bonds is 3. The van der Waals surface area contributed by atoms with Crippen molar-refractivity contribution in [1.29, 1.82) is 0 Å². The molecule has 0 spiro atoms. The Labute approximate surface area is 104 Å². The molecule has 92 valence electrons. The topological polar surface area (TPSA) is 64.6 Å². The van der Waals surface area contributed by atoms with Crippen LogP contribution < -0.4 is 4.90 Å². The van der Waals surface area contributed by atoms with E-state index in [0.717, 1.165) is 0 Å². The van der Waals surface area contributed by atoms with E-state index >= 15 is 0 Å². The third-order valence-corrected chi connectivity index (χ3v) is 2.86. The van der Waals surface area contributed by atoms with Crippen LogP contribution in [0.15, 0.2) is 12.3 Å². The van der Waals surface area contributed by atoms with Gasteiger partial charge in [0.2, 0.25) is 5.28 Å². The maximum Gasteiger partial charge on any atom is 0.416 e. The molecular formula is C10H12ClN3O3. The lowest BCUT2D eigenvalue weighted by molar-refractivity contribution is 0.0881. The molecule has 17 heavy (non-hydrogen) atoms. The molecule has 0 aliphatic carbocycles. The zero-order valence-electron chi connectivity index (χ0n) is 9.46. The molecule has 0 N–H and O–H groups in total. The summed E-state index contributed by atoms with van der Waals surface area (Å²) in [7, 11) is 1.58. The first-order chi connectivity index (χ1) is 8.13. The summed E-state index contributed by atoms with van der Waals surface area (Å²) in [5.74, 6) is 0.418. The number of cyclic esters (lactones) is 1. The maximum atomic E-state index is 11.7. The average molecular weight is 258 g/mol. The van der Waals surface area contributed by atoms with Gasteiger partial charge < -0.3 is 9.47 Å². The van der Waals surface area contributed by atoms with Gasteiger partial charge in [0, 0.05) is 13.3 Å². The van der Waals surface area contributed by atoms with E-state index < -0.39 is 6.09 Å². The quantitative estimate of drug-likeness (QED) is 0.768. The van der Waals surface area contributed by atoms with E-state index in [2.05, 4.69) is 9.97 Å². The predicted octanol–water partition coefficient (Wildman–Crippen LogP) is 1.49. The van der Waals surface area contributed by atoms with E-state index in [9.17, 15) is 4.79 Å². The smallest absolute Gasteiger partial charge is 0.416 e. The largest absolute Gasteiger partial charge is 0.447 e. The fourth-order valence-corrected chi connectivity index (χ4v) is 1.81. The van der Waals surface area contributed by atoms with Gasteiger partial charge >= 0.3 is 6.09 Å². The van der Waals surface area contributed by atoms with E-state index in [1.54, 1.807) is 13.2 Å². The summed E-state index contributed by atoms with van der Waals surface area (Å²) >= 11 is 5.70. The van der Waals surface area contributed by atoms with Gasteiger partial charge in [0.25, 0.3) is 0 Å². The normalized spacial score (nSPS) is 21.5. The Balaban J connectivity index is 2.30. The first kappa shape index (κ1) is 12.1. The van der Waals surface area contributed by atoms with Gasteiger partial charge in [0.15, 0.2) is 0 Å². The molecule has 0 saturated carbocycles. The minimum Gasteiger partial charge on any atom is -0.447 e. The SMILES string of the molecule is CO[C@H](C)[C@H]1COC(=O)N1c1ccnc(Cl)n1. The van der Waals surface area contributed by atoms with Crippen molar-refractivity contribution in [3.8, 4) is 0 Å². The third kappa shape index (κ3) is 2.32. The summed E-state index contributed by atoms with van der Waals surface area (Å²) in [4.78, 5) is 20.9. The number of amides is 1. The number of aromatic nitrogens is 2. The molecule has 7 heteroatoms. The Bertz CT molecular complexity index is 429. The first-order valence-corrected chi connectivity index (χ1v) is 5.48. The zero-order chi connectivity index (χ0) is 12.4. The lowest BCUT2D eigenvalue weighted by atomic mass is 10.2. The number of methoxy groups -OCH3 is 1. The standard InChI is InChI=1S/C10H12ClN3O3/c1-6(16-2)7-5-17-10(15)14(7)8-3-4-12-9(11)13-8/h3-4,6-7H,5H2,1-2H3/t6-,7-/m1/s1. The molecule has 2 heterocycles. The molecular weight excluding hydrogens is 246 g/mol. The van der Waals surface area contributed by atoms with Gasteiger partial charge in [-0.25, -0.2) is 14.8 Å². The van der Waals surface area contributed by atoms with Crippen molar-refractivity contribution in [2.75, 3.05) is 18.6 Å². The number of carbonyl (C=O) groups excluding carboxylic acids is 1. The van der Waals surface area contributed by atoms with Crippen molar-refractivity contribution in [2.45, 2.75) is 19.1 Å². The fourth-order valence-electron chi connectivity index (χ4n) is 1.66. The summed E-state index contributed by atoms with van der Waals surface area (Å²) in [5, 5.41) is 0.0889. The van der Waals surface area contributed by atoms with Crippen LogP contribution in [0, 0.1) is 0 Å². The second-order valence-corrected chi connectivity index (χ2v) is 3.98. The van der Waals surface area contributed by atoms with Crippen LogP contribution in [0.2, 0.25) is 5.28 Å². The first-order valence-electron chi connectivity index (χ1n) is 5.11. The number of hydrogen-bond donors (Lipinski definition) is 0. The fraction of sp³-hybridized carbons (Fsp3) is 0.500. The van der Waals surface area contributed by atoms with Gasteiger partial charge in [-0.05, 0) is 24.6 Å². The molecule has 2 rings (SSSR count). The average Bonchev–Trinajstić information content (AvgIpc) is 2.70. The highest BCUT2D eigenvalue weighted by Gasteiger charge is 2.38. The van der Waals surface area contributed by atoms with Gasteiger partial charge in [-0.1, -0.05) is 0 Å². The minimum atomic E-state index is -0.450. The van der Waals surface area contributed by atoms with Crippen molar-refractivity contribution in [3.63, 3.8) is 0 Å². The third-order valence-electron chi connectivity index (χ3n) is 2.68. The van der Waals surface area contributed by atoms with Crippen LogP contribution in [0.3, 0.4) is 0 Å². The van der Waals surface area contributed by atoms with Crippen molar-refractivity contribution in [1.82, 2.24) is 9.97 Å². The van der Waals surface area contributed by atoms with Gasteiger partial charge in [-0.3, -0.25) is 4.90 Å². The van der Waals surface area contributed by atoms with Crippen LogP contribution in [0.25, 0.3) is 0 Å². The Hall–Kier alpha value is -1.40. The Morgan fingerprint density at radius 2 is 2.47 bits per heavy atom. The van der Waals surface area contributed by atoms with Crippen molar-refractivity contribution >= 4 is 23.5 Å². The summed E-state index contributed by atoms with van der Waals surface area (Å²) < 4.78 is 10.2. The molecule has 0 aromatic carbocycles. The maximum absolute atomic E-state index is 11.7. The highest BCUT2D eigenvalue weighted by molar-refractivity contribution is 6.28. The molecule has 1 fully saturated rings. The molecule has 1 saturated heterocycles. The van der Waals surface area contributed by atoms with Crippen LogP contribution in [0.1, 0.15) is 6.92 Å². The molecule has 2 atom stereocenters. The summed E-state index contributed by atoms with van der Waals surface area (Å²) in [6, 6.07) is 1.40.